The second-order valence-corrected chi connectivity index (χ2v) is 9.26. The third-order valence-corrected chi connectivity index (χ3v) is 7.20. The lowest BCUT2D eigenvalue weighted by Gasteiger charge is -2.41. The Hall–Kier alpha value is -2.86. The highest BCUT2D eigenvalue weighted by atomic mass is 16.5. The molecule has 170 valence electrons. The van der Waals surface area contributed by atoms with Gasteiger partial charge in [0.1, 0.15) is 11.3 Å². The molecule has 2 aromatic rings. The molecule has 1 atom stereocenters. The fraction of sp³-hybridized carbons (Fsp3) is 0.462. The van der Waals surface area contributed by atoms with Crippen LogP contribution >= 0.6 is 0 Å². The molecule has 6 nitrogen and oxygen atoms in total. The Morgan fingerprint density at radius 3 is 2.41 bits per heavy atom. The van der Waals surface area contributed by atoms with E-state index in [0.717, 1.165) is 43.8 Å². The SMILES string of the molecule is COc1cccc(C[C@@]2(C3CCN(Cc4ccc(C)c(C)c4)CC3)NC(=O)N(C)C2=O)c1. The number of nitrogens with one attached hydrogen (secondary N) is 1. The predicted molar refractivity (Wildman–Crippen MR) is 125 cm³/mol. The summed E-state index contributed by atoms with van der Waals surface area (Å²) < 4.78 is 5.36. The summed E-state index contributed by atoms with van der Waals surface area (Å²) in [7, 11) is 3.20. The van der Waals surface area contributed by atoms with Crippen LogP contribution in [-0.2, 0) is 17.8 Å². The maximum absolute atomic E-state index is 13.3. The fourth-order valence-corrected chi connectivity index (χ4v) is 5.11. The van der Waals surface area contributed by atoms with Gasteiger partial charge in [0.25, 0.3) is 5.91 Å². The van der Waals surface area contributed by atoms with E-state index in [4.69, 9.17) is 4.74 Å². The predicted octanol–water partition coefficient (Wildman–Crippen LogP) is 3.69. The summed E-state index contributed by atoms with van der Waals surface area (Å²) in [6.07, 6.45) is 2.21. The number of piperidine rings is 1. The number of likely N-dealkylation sites (N-methyl/N-ethyl adjacent to an activating group) is 1. The third-order valence-electron chi connectivity index (χ3n) is 7.20. The number of benzene rings is 2. The Bertz CT molecular complexity index is 1010. The highest BCUT2D eigenvalue weighted by molar-refractivity contribution is 6.07. The first kappa shape index (κ1) is 22.3. The van der Waals surface area contributed by atoms with Crippen molar-refractivity contribution in [3.63, 3.8) is 0 Å². The van der Waals surface area contributed by atoms with Crippen LogP contribution in [0, 0.1) is 19.8 Å². The van der Waals surface area contributed by atoms with Crippen molar-refractivity contribution in [1.82, 2.24) is 15.1 Å². The highest BCUT2D eigenvalue weighted by Crippen LogP contribution is 2.37. The molecule has 2 aliphatic heterocycles. The quantitative estimate of drug-likeness (QED) is 0.703. The van der Waals surface area contributed by atoms with Crippen molar-refractivity contribution >= 4 is 11.9 Å². The minimum Gasteiger partial charge on any atom is -0.497 e. The summed E-state index contributed by atoms with van der Waals surface area (Å²) in [5, 5.41) is 3.08. The number of methoxy groups -OCH3 is 1. The first-order chi connectivity index (χ1) is 15.3. The molecule has 3 amide bonds. The van der Waals surface area contributed by atoms with E-state index in [1.807, 2.05) is 24.3 Å². The van der Waals surface area contributed by atoms with E-state index in [1.165, 1.54) is 21.6 Å². The van der Waals surface area contributed by atoms with Gasteiger partial charge in [0.15, 0.2) is 0 Å². The molecule has 0 aliphatic carbocycles. The largest absolute Gasteiger partial charge is 0.497 e. The van der Waals surface area contributed by atoms with E-state index in [1.54, 1.807) is 14.2 Å². The molecule has 0 spiro atoms. The third kappa shape index (κ3) is 4.24. The van der Waals surface area contributed by atoms with Crippen LogP contribution in [0.5, 0.6) is 5.75 Å². The second-order valence-electron chi connectivity index (χ2n) is 9.26. The van der Waals surface area contributed by atoms with Crippen molar-refractivity contribution in [3.8, 4) is 5.75 Å². The fourth-order valence-electron chi connectivity index (χ4n) is 5.11. The number of urea groups is 1. The van der Waals surface area contributed by atoms with Crippen LogP contribution in [0.4, 0.5) is 4.79 Å². The van der Waals surface area contributed by atoms with Gasteiger partial charge >= 0.3 is 6.03 Å². The standard InChI is InChI=1S/C26H33N3O3/c1-18-8-9-21(14-19(18)2)17-29-12-10-22(11-13-29)26(24(30)28(3)25(31)27-26)16-20-6-5-7-23(15-20)32-4/h5-9,14-15,22H,10-13,16-17H2,1-4H3,(H,27,31)/t26-/m0/s1. The van der Waals surface area contributed by atoms with Crippen LogP contribution in [0.1, 0.15) is 35.1 Å². The number of hydrogen-bond donors (Lipinski definition) is 1. The van der Waals surface area contributed by atoms with Gasteiger partial charge in [-0.3, -0.25) is 14.6 Å². The van der Waals surface area contributed by atoms with Gasteiger partial charge in [-0.25, -0.2) is 4.79 Å². The van der Waals surface area contributed by atoms with E-state index in [0.29, 0.717) is 6.42 Å². The maximum Gasteiger partial charge on any atom is 0.324 e. The van der Waals surface area contributed by atoms with E-state index < -0.39 is 5.54 Å². The van der Waals surface area contributed by atoms with Crippen molar-refractivity contribution in [2.75, 3.05) is 27.2 Å². The van der Waals surface area contributed by atoms with Crippen LogP contribution in [-0.4, -0.2) is 54.5 Å². The number of rotatable bonds is 6. The minimum atomic E-state index is -0.898. The van der Waals surface area contributed by atoms with Gasteiger partial charge < -0.3 is 10.1 Å². The van der Waals surface area contributed by atoms with Crippen LogP contribution in [0.15, 0.2) is 42.5 Å². The molecule has 6 heteroatoms. The number of nitrogens with zero attached hydrogens (tertiary/aromatic N) is 2. The normalized spacial score (nSPS) is 22.3. The van der Waals surface area contributed by atoms with E-state index >= 15 is 0 Å². The lowest BCUT2D eigenvalue weighted by Crippen LogP contribution is -2.57. The zero-order valence-electron chi connectivity index (χ0n) is 19.5. The van der Waals surface area contributed by atoms with Crippen LogP contribution in [0.25, 0.3) is 0 Å². The Balaban J connectivity index is 1.51. The average Bonchev–Trinajstić information content (AvgIpc) is 3.01. The minimum absolute atomic E-state index is 0.0890. The molecule has 2 saturated heterocycles. The van der Waals surface area contributed by atoms with Gasteiger partial charge in [-0.05, 0) is 80.1 Å². The molecule has 4 rings (SSSR count). The van der Waals surface area contributed by atoms with Crippen LogP contribution in [0.3, 0.4) is 0 Å². The Labute approximate surface area is 190 Å². The van der Waals surface area contributed by atoms with Crippen molar-refractivity contribution in [2.45, 2.75) is 45.2 Å². The zero-order chi connectivity index (χ0) is 22.9. The molecule has 0 aromatic heterocycles. The molecule has 1 N–H and O–H groups in total. The molecule has 0 saturated carbocycles. The first-order valence-corrected chi connectivity index (χ1v) is 11.3. The van der Waals surface area contributed by atoms with Crippen LogP contribution in [0.2, 0.25) is 0 Å². The van der Waals surface area contributed by atoms with Gasteiger partial charge in [-0.1, -0.05) is 30.3 Å². The summed E-state index contributed by atoms with van der Waals surface area (Å²) in [6.45, 7) is 7.01. The molecule has 32 heavy (non-hydrogen) atoms. The molecule has 0 bridgehead atoms. The summed E-state index contributed by atoms with van der Waals surface area (Å²) in [6, 6.07) is 14.1. The van der Waals surface area contributed by atoms with Crippen LogP contribution < -0.4 is 10.1 Å². The smallest absolute Gasteiger partial charge is 0.324 e. The zero-order valence-corrected chi connectivity index (χ0v) is 19.5. The molecule has 2 fully saturated rings. The van der Waals surface area contributed by atoms with Gasteiger partial charge in [-0.15, -0.1) is 0 Å². The summed E-state index contributed by atoms with van der Waals surface area (Å²) in [5.41, 5.74) is 4.04. The van der Waals surface area contributed by atoms with E-state index in [2.05, 4.69) is 42.3 Å². The monoisotopic (exact) mass is 435 g/mol. The Morgan fingerprint density at radius 1 is 1.03 bits per heavy atom. The number of amides is 3. The molecule has 0 radical (unpaired) electrons. The van der Waals surface area contributed by atoms with Gasteiger partial charge in [0.2, 0.25) is 0 Å². The van der Waals surface area contributed by atoms with Crippen molar-refractivity contribution in [2.24, 2.45) is 5.92 Å². The van der Waals surface area contributed by atoms with E-state index in [-0.39, 0.29) is 17.9 Å². The van der Waals surface area contributed by atoms with Crippen molar-refractivity contribution < 1.29 is 14.3 Å². The lowest BCUT2D eigenvalue weighted by molar-refractivity contribution is -0.133. The number of likely N-dealkylation sites (tertiary alicyclic amines) is 1. The molecule has 0 unspecified atom stereocenters. The number of carbonyl (C=O) groups excluding carboxylic acids is 2. The summed E-state index contributed by atoms with van der Waals surface area (Å²) in [4.78, 5) is 29.5. The number of carbonyl (C=O) groups is 2. The first-order valence-electron chi connectivity index (χ1n) is 11.3. The number of hydrogen-bond acceptors (Lipinski definition) is 4. The molecular formula is C26H33N3O3. The Morgan fingerprint density at radius 2 is 1.78 bits per heavy atom. The molecule has 2 heterocycles. The topological polar surface area (TPSA) is 61.9 Å². The summed E-state index contributed by atoms with van der Waals surface area (Å²) in [5.74, 6) is 0.718. The number of imide groups is 1. The van der Waals surface area contributed by atoms with E-state index in [9.17, 15) is 9.59 Å². The average molecular weight is 436 g/mol. The number of aryl methyl sites for hydroxylation is 2. The maximum atomic E-state index is 13.3. The highest BCUT2D eigenvalue weighted by Gasteiger charge is 2.54. The summed E-state index contributed by atoms with van der Waals surface area (Å²) >= 11 is 0. The lowest BCUT2D eigenvalue weighted by atomic mass is 9.74. The molecule has 2 aliphatic rings. The van der Waals surface area contributed by atoms with Crippen molar-refractivity contribution in [1.29, 1.82) is 0 Å². The van der Waals surface area contributed by atoms with Crippen molar-refractivity contribution in [3.05, 3.63) is 64.7 Å². The van der Waals surface area contributed by atoms with Gasteiger partial charge in [0.05, 0.1) is 7.11 Å². The Kier molecular flexibility index (Phi) is 6.24. The van der Waals surface area contributed by atoms with Gasteiger partial charge in [0, 0.05) is 20.0 Å². The van der Waals surface area contributed by atoms with Gasteiger partial charge in [-0.2, -0.15) is 0 Å². The second kappa shape index (κ2) is 8.94. The number of ether oxygens (including phenoxy) is 1. The molecular weight excluding hydrogens is 402 g/mol. The molecule has 2 aromatic carbocycles.